The predicted molar refractivity (Wildman–Crippen MR) is 67.7 cm³/mol. The van der Waals surface area contributed by atoms with Crippen LogP contribution in [0.3, 0.4) is 0 Å². The fourth-order valence-corrected chi connectivity index (χ4v) is 1.39. The standard InChI is InChI=1S/C13H19NO4/c1-3-5-8-18-11-6-7-14(12(15)9-11)10-13(16)17-4-2/h6-7,9H,3-5,8,10H2,1-2H3. The number of ether oxygens (including phenoxy) is 2. The molecule has 0 bridgehead atoms. The molecule has 1 aromatic rings. The van der Waals surface area contributed by atoms with E-state index in [2.05, 4.69) is 6.92 Å². The summed E-state index contributed by atoms with van der Waals surface area (Å²) in [5.41, 5.74) is -0.267. The van der Waals surface area contributed by atoms with Crippen LogP contribution in [0.25, 0.3) is 0 Å². The second-order valence-corrected chi connectivity index (χ2v) is 3.84. The van der Waals surface area contributed by atoms with E-state index in [1.54, 1.807) is 19.2 Å². The van der Waals surface area contributed by atoms with Crippen LogP contribution in [0.15, 0.2) is 23.1 Å². The van der Waals surface area contributed by atoms with Crippen molar-refractivity contribution >= 4 is 5.97 Å². The van der Waals surface area contributed by atoms with Crippen molar-refractivity contribution in [3.05, 3.63) is 28.7 Å². The van der Waals surface area contributed by atoms with Gasteiger partial charge in [-0.25, -0.2) is 0 Å². The average molecular weight is 253 g/mol. The molecule has 18 heavy (non-hydrogen) atoms. The fourth-order valence-electron chi connectivity index (χ4n) is 1.39. The zero-order chi connectivity index (χ0) is 13.4. The number of esters is 1. The summed E-state index contributed by atoms with van der Waals surface area (Å²) in [6.45, 7) is 4.64. The predicted octanol–water partition coefficient (Wildman–Crippen LogP) is 1.59. The first kappa shape index (κ1) is 14.3. The highest BCUT2D eigenvalue weighted by Gasteiger charge is 2.05. The molecule has 0 saturated heterocycles. The van der Waals surface area contributed by atoms with Gasteiger partial charge in [-0.1, -0.05) is 13.3 Å². The van der Waals surface area contributed by atoms with Crippen molar-refractivity contribution in [2.45, 2.75) is 33.2 Å². The van der Waals surface area contributed by atoms with Gasteiger partial charge in [-0.05, 0) is 19.4 Å². The molecule has 5 nitrogen and oxygen atoms in total. The van der Waals surface area contributed by atoms with E-state index >= 15 is 0 Å². The lowest BCUT2D eigenvalue weighted by Crippen LogP contribution is -2.24. The average Bonchev–Trinajstić information content (AvgIpc) is 2.33. The third kappa shape index (κ3) is 4.61. The van der Waals surface area contributed by atoms with Gasteiger partial charge in [-0.2, -0.15) is 0 Å². The van der Waals surface area contributed by atoms with Gasteiger partial charge in [0.15, 0.2) is 0 Å². The first-order valence-corrected chi connectivity index (χ1v) is 6.16. The SMILES string of the molecule is CCCCOc1ccn(CC(=O)OCC)c(=O)c1. The molecule has 0 amide bonds. The molecule has 5 heteroatoms. The van der Waals surface area contributed by atoms with Gasteiger partial charge in [-0.15, -0.1) is 0 Å². The van der Waals surface area contributed by atoms with Gasteiger partial charge < -0.3 is 14.0 Å². The number of carbonyl (C=O) groups excluding carboxylic acids is 1. The molecule has 0 radical (unpaired) electrons. The number of hydrogen-bond acceptors (Lipinski definition) is 4. The van der Waals surface area contributed by atoms with Gasteiger partial charge in [0, 0.05) is 12.3 Å². The fraction of sp³-hybridized carbons (Fsp3) is 0.538. The quantitative estimate of drug-likeness (QED) is 0.547. The van der Waals surface area contributed by atoms with Crippen LogP contribution in [-0.2, 0) is 16.1 Å². The summed E-state index contributed by atoms with van der Waals surface area (Å²) in [6, 6.07) is 3.06. The Morgan fingerprint density at radius 3 is 2.78 bits per heavy atom. The van der Waals surface area contributed by atoms with Crippen LogP contribution in [0.4, 0.5) is 0 Å². The largest absolute Gasteiger partial charge is 0.493 e. The van der Waals surface area contributed by atoms with Crippen molar-refractivity contribution in [3.63, 3.8) is 0 Å². The van der Waals surface area contributed by atoms with Crippen molar-refractivity contribution in [1.82, 2.24) is 4.57 Å². The summed E-state index contributed by atoms with van der Waals surface area (Å²) in [5.74, 6) is 0.118. The molecule has 0 fully saturated rings. The van der Waals surface area contributed by atoms with Crippen molar-refractivity contribution in [2.24, 2.45) is 0 Å². The van der Waals surface area contributed by atoms with Crippen LogP contribution < -0.4 is 10.3 Å². The molecule has 0 aromatic carbocycles. The Labute approximate surface area is 106 Å². The Hall–Kier alpha value is -1.78. The zero-order valence-corrected chi connectivity index (χ0v) is 10.8. The highest BCUT2D eigenvalue weighted by atomic mass is 16.5. The number of carbonyl (C=O) groups is 1. The molecule has 0 aliphatic rings. The van der Waals surface area contributed by atoms with Crippen LogP contribution in [0.2, 0.25) is 0 Å². The van der Waals surface area contributed by atoms with E-state index in [4.69, 9.17) is 9.47 Å². The molecule has 0 aliphatic heterocycles. The second-order valence-electron chi connectivity index (χ2n) is 3.84. The zero-order valence-electron chi connectivity index (χ0n) is 10.8. The minimum absolute atomic E-state index is 0.0675. The summed E-state index contributed by atoms with van der Waals surface area (Å²) in [7, 11) is 0. The lowest BCUT2D eigenvalue weighted by molar-refractivity contribution is -0.143. The minimum atomic E-state index is -0.417. The van der Waals surface area contributed by atoms with Crippen molar-refractivity contribution in [2.75, 3.05) is 13.2 Å². The van der Waals surface area contributed by atoms with E-state index < -0.39 is 5.97 Å². The summed E-state index contributed by atoms with van der Waals surface area (Å²) >= 11 is 0. The van der Waals surface area contributed by atoms with E-state index in [1.807, 2.05) is 0 Å². The van der Waals surface area contributed by atoms with Crippen LogP contribution in [0.1, 0.15) is 26.7 Å². The summed E-state index contributed by atoms with van der Waals surface area (Å²) in [6.07, 6.45) is 3.53. The molecule has 1 aromatic heterocycles. The normalized spacial score (nSPS) is 10.1. The van der Waals surface area contributed by atoms with Crippen molar-refractivity contribution in [3.8, 4) is 5.75 Å². The number of nitrogens with zero attached hydrogens (tertiary/aromatic N) is 1. The van der Waals surface area contributed by atoms with Gasteiger partial charge in [0.2, 0.25) is 0 Å². The summed E-state index contributed by atoms with van der Waals surface area (Å²) in [4.78, 5) is 22.9. The highest BCUT2D eigenvalue weighted by Crippen LogP contribution is 2.06. The molecular formula is C13H19NO4. The molecule has 0 spiro atoms. The van der Waals surface area contributed by atoms with E-state index in [9.17, 15) is 9.59 Å². The van der Waals surface area contributed by atoms with Gasteiger partial charge in [0.25, 0.3) is 5.56 Å². The van der Waals surface area contributed by atoms with Gasteiger partial charge in [0.05, 0.1) is 13.2 Å². The monoisotopic (exact) mass is 253 g/mol. The molecule has 1 rings (SSSR count). The van der Waals surface area contributed by atoms with E-state index in [0.717, 1.165) is 12.8 Å². The topological polar surface area (TPSA) is 57.5 Å². The molecule has 0 unspecified atom stereocenters. The minimum Gasteiger partial charge on any atom is -0.493 e. The van der Waals surface area contributed by atoms with Crippen molar-refractivity contribution < 1.29 is 14.3 Å². The Morgan fingerprint density at radius 1 is 1.39 bits per heavy atom. The number of unbranched alkanes of at least 4 members (excludes halogenated alkanes) is 1. The van der Waals surface area contributed by atoms with Gasteiger partial charge in [0.1, 0.15) is 12.3 Å². The van der Waals surface area contributed by atoms with Crippen LogP contribution in [0, 0.1) is 0 Å². The first-order valence-electron chi connectivity index (χ1n) is 6.16. The third-order valence-corrected chi connectivity index (χ3v) is 2.34. The molecule has 0 atom stereocenters. The Balaban J connectivity index is 2.62. The first-order chi connectivity index (χ1) is 8.67. The second kappa shape index (κ2) is 7.53. The summed E-state index contributed by atoms with van der Waals surface area (Å²) < 4.78 is 11.5. The van der Waals surface area contributed by atoms with Crippen LogP contribution in [-0.4, -0.2) is 23.8 Å². The van der Waals surface area contributed by atoms with Crippen LogP contribution >= 0.6 is 0 Å². The molecule has 1 heterocycles. The van der Waals surface area contributed by atoms with E-state index in [0.29, 0.717) is 19.0 Å². The lowest BCUT2D eigenvalue weighted by atomic mass is 10.3. The lowest BCUT2D eigenvalue weighted by Gasteiger charge is -2.08. The Kier molecular flexibility index (Phi) is 5.97. The van der Waals surface area contributed by atoms with Crippen LogP contribution in [0.5, 0.6) is 5.75 Å². The van der Waals surface area contributed by atoms with E-state index in [1.165, 1.54) is 10.6 Å². The van der Waals surface area contributed by atoms with Gasteiger partial charge >= 0.3 is 5.97 Å². The third-order valence-electron chi connectivity index (χ3n) is 2.34. The Morgan fingerprint density at radius 2 is 2.17 bits per heavy atom. The number of aromatic nitrogens is 1. The highest BCUT2D eigenvalue weighted by molar-refractivity contribution is 5.69. The van der Waals surface area contributed by atoms with Crippen molar-refractivity contribution in [1.29, 1.82) is 0 Å². The molecular weight excluding hydrogens is 234 g/mol. The maximum atomic E-state index is 11.7. The molecule has 0 saturated carbocycles. The maximum Gasteiger partial charge on any atom is 0.326 e. The molecule has 100 valence electrons. The number of hydrogen-bond donors (Lipinski definition) is 0. The number of pyridine rings is 1. The molecule has 0 aliphatic carbocycles. The van der Waals surface area contributed by atoms with E-state index in [-0.39, 0.29) is 12.1 Å². The Bertz CT molecular complexity index is 439. The molecule has 0 N–H and O–H groups in total. The number of rotatable bonds is 7. The van der Waals surface area contributed by atoms with Gasteiger partial charge in [-0.3, -0.25) is 9.59 Å². The summed E-state index contributed by atoms with van der Waals surface area (Å²) in [5, 5.41) is 0. The smallest absolute Gasteiger partial charge is 0.326 e. The maximum absolute atomic E-state index is 11.7.